The third-order valence-corrected chi connectivity index (χ3v) is 4.18. The first-order valence-corrected chi connectivity index (χ1v) is 9.31. The van der Waals surface area contributed by atoms with E-state index in [-0.39, 0.29) is 18.2 Å². The molecule has 0 saturated heterocycles. The van der Waals surface area contributed by atoms with Crippen molar-refractivity contribution in [3.63, 3.8) is 0 Å². The van der Waals surface area contributed by atoms with Crippen LogP contribution in [0.1, 0.15) is 63.5 Å². The Balaban J connectivity index is 2.27. The maximum Gasteiger partial charge on any atom is 0.411 e. The Morgan fingerprint density at radius 3 is 2.50 bits per heavy atom. The zero-order chi connectivity index (χ0) is 20.9. The molecule has 152 valence electrons. The number of ether oxygens (including phenoxy) is 2. The fourth-order valence-electron chi connectivity index (χ4n) is 2.73. The first kappa shape index (κ1) is 21.5. The van der Waals surface area contributed by atoms with E-state index in [1.807, 2.05) is 39.8 Å². The fourth-order valence-corrected chi connectivity index (χ4v) is 2.73. The van der Waals surface area contributed by atoms with Crippen LogP contribution in [0.5, 0.6) is 0 Å². The second-order valence-corrected chi connectivity index (χ2v) is 7.72. The normalized spacial score (nSPS) is 15.0. The quantitative estimate of drug-likeness (QED) is 0.777. The first-order chi connectivity index (χ1) is 13.1. The van der Waals surface area contributed by atoms with Crippen molar-refractivity contribution in [3.05, 3.63) is 41.9 Å². The number of nitrogens with zero attached hydrogens (tertiary/aromatic N) is 2. The van der Waals surface area contributed by atoms with Gasteiger partial charge in [0.05, 0.1) is 24.5 Å². The maximum absolute atomic E-state index is 12.8. The second kappa shape index (κ2) is 8.91. The number of alkyl carbamates (subject to hydrolysis) is 1. The van der Waals surface area contributed by atoms with Gasteiger partial charge in [-0.2, -0.15) is 0 Å². The molecule has 1 heterocycles. The molecule has 0 radical (unpaired) electrons. The molecule has 2 rings (SSSR count). The van der Waals surface area contributed by atoms with E-state index in [4.69, 9.17) is 4.74 Å². The largest absolute Gasteiger partial charge is 0.453 e. The minimum absolute atomic E-state index is 0.185. The molecule has 1 N–H and O–H groups in total. The van der Waals surface area contributed by atoms with E-state index in [1.54, 1.807) is 17.1 Å². The summed E-state index contributed by atoms with van der Waals surface area (Å²) in [6, 6.07) is 3.78. The highest BCUT2D eigenvalue weighted by atomic mass is 16.6. The Labute approximate surface area is 166 Å². The molecule has 1 atom stereocenters. The van der Waals surface area contributed by atoms with Crippen molar-refractivity contribution < 1.29 is 19.1 Å². The van der Waals surface area contributed by atoms with E-state index in [2.05, 4.69) is 21.6 Å². The Hall–Kier alpha value is -2.83. The molecule has 1 saturated carbocycles. The lowest BCUT2D eigenvalue weighted by atomic mass is 10.1. The molecule has 0 aliphatic heterocycles. The van der Waals surface area contributed by atoms with Crippen LogP contribution in [0.4, 0.5) is 9.59 Å². The summed E-state index contributed by atoms with van der Waals surface area (Å²) in [7, 11) is 1.29. The lowest BCUT2D eigenvalue weighted by Gasteiger charge is -2.32. The number of hydrogen-bond acceptors (Lipinski definition) is 5. The van der Waals surface area contributed by atoms with Gasteiger partial charge in [-0.05, 0) is 70.4 Å². The summed E-state index contributed by atoms with van der Waals surface area (Å²) < 4.78 is 10.1. The van der Waals surface area contributed by atoms with Gasteiger partial charge in [-0.3, -0.25) is 10.2 Å². The number of nitrogens with one attached hydrogen (secondary N) is 1. The molecule has 1 aliphatic rings. The van der Waals surface area contributed by atoms with Gasteiger partial charge < -0.3 is 9.47 Å². The predicted molar refractivity (Wildman–Crippen MR) is 108 cm³/mol. The van der Waals surface area contributed by atoms with Gasteiger partial charge >= 0.3 is 12.2 Å². The summed E-state index contributed by atoms with van der Waals surface area (Å²) in [6.07, 6.45) is 5.84. The minimum atomic E-state index is -0.561. The smallest absolute Gasteiger partial charge is 0.411 e. The van der Waals surface area contributed by atoms with Crippen LogP contribution in [-0.2, 0) is 9.47 Å². The average Bonchev–Trinajstić information content (AvgIpc) is 3.44. The zero-order valence-electron chi connectivity index (χ0n) is 17.2. The van der Waals surface area contributed by atoms with E-state index in [0.717, 1.165) is 18.4 Å². The van der Waals surface area contributed by atoms with Crippen LogP contribution in [-0.4, -0.2) is 40.8 Å². The standard InChI is InChI=1S/C21H29N3O4/c1-7-16-12-15(13-17(23-16)10-11-22-19(25)27-6)14(2)24(18-8-9-18)20(26)28-21(3,4)5/h7,10-14,18H,1,8-9H2,2-6H3,(H,22,25)/b11-10+. The first-order valence-electron chi connectivity index (χ1n) is 9.31. The van der Waals surface area contributed by atoms with Crippen LogP contribution in [0.25, 0.3) is 12.2 Å². The molecule has 0 aromatic carbocycles. The Morgan fingerprint density at radius 1 is 1.32 bits per heavy atom. The molecule has 2 amide bonds. The summed E-state index contributed by atoms with van der Waals surface area (Å²) in [5.41, 5.74) is 1.68. The molecule has 1 aromatic heterocycles. The molecule has 7 nitrogen and oxygen atoms in total. The molecule has 0 bridgehead atoms. The van der Waals surface area contributed by atoms with Gasteiger partial charge in [-0.15, -0.1) is 0 Å². The van der Waals surface area contributed by atoms with Gasteiger partial charge in [0, 0.05) is 12.2 Å². The molecule has 1 aliphatic carbocycles. The number of hydrogen-bond donors (Lipinski definition) is 1. The second-order valence-electron chi connectivity index (χ2n) is 7.72. The molecular weight excluding hydrogens is 358 g/mol. The van der Waals surface area contributed by atoms with Crippen LogP contribution in [0.15, 0.2) is 24.9 Å². The van der Waals surface area contributed by atoms with Crippen molar-refractivity contribution in [2.45, 2.75) is 58.2 Å². The maximum atomic E-state index is 12.8. The van der Waals surface area contributed by atoms with Gasteiger partial charge in [0.2, 0.25) is 0 Å². The molecule has 1 unspecified atom stereocenters. The Morgan fingerprint density at radius 2 is 1.96 bits per heavy atom. The third kappa shape index (κ3) is 6.11. The van der Waals surface area contributed by atoms with Crippen molar-refractivity contribution in [2.24, 2.45) is 0 Å². The molecule has 1 fully saturated rings. The number of aromatic nitrogens is 1. The third-order valence-electron chi connectivity index (χ3n) is 4.18. The SMILES string of the molecule is C=Cc1cc(C(C)N(C(=O)OC(C)(C)C)C2CC2)cc(/C=C/NC(=O)OC)n1. The van der Waals surface area contributed by atoms with Gasteiger partial charge in [-0.25, -0.2) is 14.6 Å². The highest BCUT2D eigenvalue weighted by molar-refractivity contribution is 5.70. The highest BCUT2D eigenvalue weighted by Gasteiger charge is 2.38. The lowest BCUT2D eigenvalue weighted by molar-refractivity contribution is 0.0153. The molecule has 7 heteroatoms. The summed E-state index contributed by atoms with van der Waals surface area (Å²) in [5, 5.41) is 2.47. The van der Waals surface area contributed by atoms with Crippen molar-refractivity contribution >= 4 is 24.3 Å². The number of methoxy groups -OCH3 is 1. The van der Waals surface area contributed by atoms with E-state index >= 15 is 0 Å². The van der Waals surface area contributed by atoms with E-state index < -0.39 is 11.7 Å². The van der Waals surface area contributed by atoms with Crippen LogP contribution < -0.4 is 5.32 Å². The highest BCUT2D eigenvalue weighted by Crippen LogP contribution is 2.36. The molecule has 0 spiro atoms. The fraction of sp³-hybridized carbons (Fsp3) is 0.476. The average molecular weight is 387 g/mol. The summed E-state index contributed by atoms with van der Waals surface area (Å²) >= 11 is 0. The van der Waals surface area contributed by atoms with Gasteiger partial charge in [0.15, 0.2) is 0 Å². The van der Waals surface area contributed by atoms with E-state index in [0.29, 0.717) is 11.4 Å². The Bertz CT molecular complexity index is 763. The summed E-state index contributed by atoms with van der Waals surface area (Å²) in [5.74, 6) is 0. The van der Waals surface area contributed by atoms with Crippen LogP contribution in [0.3, 0.4) is 0 Å². The number of carbonyl (C=O) groups is 2. The van der Waals surface area contributed by atoms with Crippen molar-refractivity contribution in [2.75, 3.05) is 7.11 Å². The van der Waals surface area contributed by atoms with Gasteiger partial charge in [0.1, 0.15) is 5.60 Å². The number of pyridine rings is 1. The van der Waals surface area contributed by atoms with E-state index in [1.165, 1.54) is 13.3 Å². The number of rotatable bonds is 6. The van der Waals surface area contributed by atoms with Crippen LogP contribution >= 0.6 is 0 Å². The number of carbonyl (C=O) groups excluding carboxylic acids is 2. The van der Waals surface area contributed by atoms with Crippen LogP contribution in [0.2, 0.25) is 0 Å². The zero-order valence-corrected chi connectivity index (χ0v) is 17.2. The molecular formula is C21H29N3O4. The van der Waals surface area contributed by atoms with Crippen LogP contribution in [0, 0.1) is 0 Å². The topological polar surface area (TPSA) is 80.8 Å². The summed E-state index contributed by atoms with van der Waals surface area (Å²) in [6.45, 7) is 11.3. The van der Waals surface area contributed by atoms with E-state index in [9.17, 15) is 9.59 Å². The number of amides is 2. The monoisotopic (exact) mass is 387 g/mol. The summed E-state index contributed by atoms with van der Waals surface area (Å²) in [4.78, 5) is 30.2. The van der Waals surface area contributed by atoms with Crippen molar-refractivity contribution in [1.82, 2.24) is 15.2 Å². The van der Waals surface area contributed by atoms with Gasteiger partial charge in [0.25, 0.3) is 0 Å². The Kier molecular flexibility index (Phi) is 6.83. The van der Waals surface area contributed by atoms with Gasteiger partial charge in [-0.1, -0.05) is 6.58 Å². The lowest BCUT2D eigenvalue weighted by Crippen LogP contribution is -2.39. The predicted octanol–water partition coefficient (Wildman–Crippen LogP) is 4.51. The minimum Gasteiger partial charge on any atom is -0.453 e. The van der Waals surface area contributed by atoms with Crippen molar-refractivity contribution in [3.8, 4) is 0 Å². The molecule has 1 aromatic rings. The molecule has 28 heavy (non-hydrogen) atoms. The van der Waals surface area contributed by atoms with Crippen molar-refractivity contribution in [1.29, 1.82) is 0 Å².